The van der Waals surface area contributed by atoms with Gasteiger partial charge in [0.15, 0.2) is 18.1 Å². The van der Waals surface area contributed by atoms with Crippen LogP contribution in [0.2, 0.25) is 0 Å². The summed E-state index contributed by atoms with van der Waals surface area (Å²) in [7, 11) is 0. The summed E-state index contributed by atoms with van der Waals surface area (Å²) in [6, 6.07) is 7.72. The molecule has 0 N–H and O–H groups in total. The third-order valence-corrected chi connectivity index (χ3v) is 5.60. The van der Waals surface area contributed by atoms with E-state index in [0.29, 0.717) is 18.5 Å². The first-order chi connectivity index (χ1) is 14.0. The number of Topliss-reactive ketones (excluding diaryl/α,β-unsaturated/α-hetero) is 1. The van der Waals surface area contributed by atoms with Crippen molar-refractivity contribution in [2.24, 2.45) is 5.92 Å². The molecule has 1 aromatic heterocycles. The molecule has 0 saturated heterocycles. The van der Waals surface area contributed by atoms with Gasteiger partial charge < -0.3 is 18.8 Å². The Labute approximate surface area is 170 Å². The Balaban J connectivity index is 1.43. The van der Waals surface area contributed by atoms with Gasteiger partial charge in [-0.2, -0.15) is 0 Å². The summed E-state index contributed by atoms with van der Waals surface area (Å²) >= 11 is 0. The molecule has 1 aliphatic carbocycles. The predicted molar refractivity (Wildman–Crippen MR) is 107 cm³/mol. The molecule has 2 aromatic rings. The van der Waals surface area contributed by atoms with Gasteiger partial charge in [-0.15, -0.1) is 0 Å². The van der Waals surface area contributed by atoms with Crippen LogP contribution >= 0.6 is 0 Å². The van der Waals surface area contributed by atoms with E-state index in [0.717, 1.165) is 41.3 Å². The van der Waals surface area contributed by atoms with Crippen molar-refractivity contribution < 1.29 is 23.8 Å². The highest BCUT2D eigenvalue weighted by Gasteiger charge is 2.23. The first kappa shape index (κ1) is 19.3. The molecule has 6 heteroatoms. The van der Waals surface area contributed by atoms with Crippen LogP contribution in [0, 0.1) is 19.8 Å². The van der Waals surface area contributed by atoms with E-state index in [1.54, 1.807) is 0 Å². The van der Waals surface area contributed by atoms with Crippen molar-refractivity contribution in [3.05, 3.63) is 58.9 Å². The molecule has 1 atom stereocenters. The number of rotatable bonds is 6. The second kappa shape index (κ2) is 8.15. The number of ether oxygens (including phenoxy) is 3. The lowest BCUT2D eigenvalue weighted by Crippen LogP contribution is -2.22. The summed E-state index contributed by atoms with van der Waals surface area (Å²) in [6.45, 7) is 4.54. The molecule has 0 radical (unpaired) electrons. The Kier molecular flexibility index (Phi) is 5.43. The minimum atomic E-state index is -0.281. The van der Waals surface area contributed by atoms with Crippen LogP contribution in [-0.4, -0.2) is 29.7 Å². The van der Waals surface area contributed by atoms with E-state index in [1.165, 1.54) is 0 Å². The number of fused-ring (bicyclic) bond motifs is 1. The van der Waals surface area contributed by atoms with E-state index in [2.05, 4.69) is 10.6 Å². The van der Waals surface area contributed by atoms with Crippen LogP contribution in [-0.2, 0) is 16.1 Å². The Morgan fingerprint density at radius 2 is 1.97 bits per heavy atom. The molecule has 0 spiro atoms. The van der Waals surface area contributed by atoms with Gasteiger partial charge in [-0.3, -0.25) is 9.59 Å². The number of nitrogens with zero attached hydrogens (tertiary/aromatic N) is 1. The lowest BCUT2D eigenvalue weighted by Gasteiger charge is -2.16. The number of carbonyl (C=O) groups excluding carboxylic acids is 2. The maximum absolute atomic E-state index is 12.7. The van der Waals surface area contributed by atoms with E-state index in [9.17, 15) is 9.59 Å². The molecule has 152 valence electrons. The quantitative estimate of drug-likeness (QED) is 0.421. The number of benzene rings is 1. The molecular formula is C23H25NO5. The molecule has 6 nitrogen and oxygen atoms in total. The van der Waals surface area contributed by atoms with E-state index in [1.807, 2.05) is 44.2 Å². The Bertz CT molecular complexity index is 972. The Hall–Kier alpha value is -3.02. The van der Waals surface area contributed by atoms with Crippen molar-refractivity contribution in [2.75, 3.05) is 13.4 Å². The standard InChI is InChI=1S/C23H25NO5/c1-15-10-19(20(25)13-27-23(26)18-6-4-3-5-7-18)16(2)24(15)12-17-8-9-21-22(11-17)29-14-28-21/h3-4,8-11,18H,5-7,12-14H2,1-2H3/t18-/m0/s1. The number of allylic oxidation sites excluding steroid dienone is 2. The molecule has 1 aromatic carbocycles. The second-order valence-electron chi connectivity index (χ2n) is 7.57. The van der Waals surface area contributed by atoms with Gasteiger partial charge in [-0.05, 0) is 56.9 Å². The molecule has 0 bridgehead atoms. The SMILES string of the molecule is Cc1cc(C(=O)COC(=O)[C@H]2CC=CCC2)c(C)n1Cc1ccc2c(c1)OCO2. The van der Waals surface area contributed by atoms with Gasteiger partial charge in [0.05, 0.1) is 5.92 Å². The fourth-order valence-electron chi connectivity index (χ4n) is 3.89. The van der Waals surface area contributed by atoms with Crippen LogP contribution in [0.1, 0.15) is 46.6 Å². The van der Waals surface area contributed by atoms with E-state index < -0.39 is 0 Å². The van der Waals surface area contributed by atoms with Gasteiger partial charge in [0.25, 0.3) is 0 Å². The molecule has 0 unspecified atom stereocenters. The van der Waals surface area contributed by atoms with Crippen molar-refractivity contribution in [1.82, 2.24) is 4.57 Å². The van der Waals surface area contributed by atoms with Gasteiger partial charge in [0, 0.05) is 23.5 Å². The first-order valence-electron chi connectivity index (χ1n) is 9.93. The Morgan fingerprint density at radius 1 is 1.14 bits per heavy atom. The highest BCUT2D eigenvalue weighted by Crippen LogP contribution is 2.33. The smallest absolute Gasteiger partial charge is 0.309 e. The highest BCUT2D eigenvalue weighted by molar-refractivity contribution is 5.99. The zero-order chi connectivity index (χ0) is 20.4. The largest absolute Gasteiger partial charge is 0.457 e. The third-order valence-electron chi connectivity index (χ3n) is 5.60. The minimum Gasteiger partial charge on any atom is -0.457 e. The zero-order valence-electron chi connectivity index (χ0n) is 16.8. The highest BCUT2D eigenvalue weighted by atomic mass is 16.7. The van der Waals surface area contributed by atoms with Crippen LogP contribution in [0.4, 0.5) is 0 Å². The molecule has 2 aliphatic rings. The van der Waals surface area contributed by atoms with E-state index in [-0.39, 0.29) is 31.1 Å². The summed E-state index contributed by atoms with van der Waals surface area (Å²) in [5.41, 5.74) is 3.50. The summed E-state index contributed by atoms with van der Waals surface area (Å²) in [5.74, 6) is 0.907. The molecule has 2 heterocycles. The van der Waals surface area contributed by atoms with Gasteiger partial charge >= 0.3 is 5.97 Å². The van der Waals surface area contributed by atoms with Gasteiger partial charge in [0.2, 0.25) is 12.6 Å². The first-order valence-corrected chi connectivity index (χ1v) is 9.93. The zero-order valence-corrected chi connectivity index (χ0v) is 16.8. The molecule has 29 heavy (non-hydrogen) atoms. The average Bonchev–Trinajstić information content (AvgIpc) is 3.31. The number of aromatic nitrogens is 1. The number of aryl methyl sites for hydroxylation is 1. The second-order valence-corrected chi connectivity index (χ2v) is 7.57. The molecular weight excluding hydrogens is 370 g/mol. The van der Waals surface area contributed by atoms with Crippen molar-refractivity contribution in [1.29, 1.82) is 0 Å². The summed E-state index contributed by atoms with van der Waals surface area (Å²) in [6.07, 6.45) is 6.43. The minimum absolute atomic E-state index is 0.133. The third kappa shape index (κ3) is 4.06. The van der Waals surface area contributed by atoms with Crippen LogP contribution in [0.25, 0.3) is 0 Å². The van der Waals surface area contributed by atoms with Gasteiger partial charge in [0.1, 0.15) is 0 Å². The van der Waals surface area contributed by atoms with Crippen LogP contribution in [0.5, 0.6) is 11.5 Å². The normalized spacial score (nSPS) is 17.4. The van der Waals surface area contributed by atoms with E-state index >= 15 is 0 Å². The monoisotopic (exact) mass is 395 g/mol. The lowest BCUT2D eigenvalue weighted by molar-refractivity contribution is -0.147. The fourth-order valence-corrected chi connectivity index (χ4v) is 3.89. The summed E-state index contributed by atoms with van der Waals surface area (Å²) in [4.78, 5) is 24.9. The molecule has 0 amide bonds. The van der Waals surface area contributed by atoms with Gasteiger partial charge in [-0.25, -0.2) is 0 Å². The van der Waals surface area contributed by atoms with Crippen LogP contribution in [0.3, 0.4) is 0 Å². The number of carbonyl (C=O) groups is 2. The van der Waals surface area contributed by atoms with Gasteiger partial charge in [-0.1, -0.05) is 18.2 Å². The number of hydrogen-bond acceptors (Lipinski definition) is 5. The van der Waals surface area contributed by atoms with Crippen LogP contribution in [0.15, 0.2) is 36.4 Å². The predicted octanol–water partition coefficient (Wildman–Crippen LogP) is 3.96. The topological polar surface area (TPSA) is 66.8 Å². The molecule has 0 fully saturated rings. The molecule has 0 saturated carbocycles. The number of ketones is 1. The Morgan fingerprint density at radius 3 is 2.76 bits per heavy atom. The lowest BCUT2D eigenvalue weighted by atomic mass is 9.95. The van der Waals surface area contributed by atoms with Crippen LogP contribution < -0.4 is 9.47 Å². The van der Waals surface area contributed by atoms with E-state index in [4.69, 9.17) is 14.2 Å². The van der Waals surface area contributed by atoms with Crippen molar-refractivity contribution in [3.8, 4) is 11.5 Å². The van der Waals surface area contributed by atoms with Crippen molar-refractivity contribution in [3.63, 3.8) is 0 Å². The summed E-state index contributed by atoms with van der Waals surface area (Å²) < 4.78 is 18.2. The molecule has 1 aliphatic heterocycles. The molecule has 4 rings (SSSR count). The average molecular weight is 395 g/mol. The maximum Gasteiger partial charge on any atom is 0.309 e. The summed E-state index contributed by atoms with van der Waals surface area (Å²) in [5, 5.41) is 0. The fraction of sp³-hybridized carbons (Fsp3) is 0.391. The number of hydrogen-bond donors (Lipinski definition) is 0. The maximum atomic E-state index is 12.7. The van der Waals surface area contributed by atoms with Crippen molar-refractivity contribution >= 4 is 11.8 Å². The number of esters is 1. The van der Waals surface area contributed by atoms with Crippen molar-refractivity contribution in [2.45, 2.75) is 39.7 Å².